The van der Waals surface area contributed by atoms with Gasteiger partial charge in [0.05, 0.1) is 29.8 Å². The van der Waals surface area contributed by atoms with Gasteiger partial charge < -0.3 is 14.4 Å². The third kappa shape index (κ3) is 3.52. The third-order valence-electron chi connectivity index (χ3n) is 4.43. The summed E-state index contributed by atoms with van der Waals surface area (Å²) in [5.74, 6) is -0.607. The predicted octanol–water partition coefficient (Wildman–Crippen LogP) is 3.10. The van der Waals surface area contributed by atoms with Crippen LogP contribution in [0.4, 0.5) is 14.5 Å². The fraction of sp³-hybridized carbons (Fsp3) is 0.389. The first-order valence-electron chi connectivity index (χ1n) is 8.14. The fourth-order valence-corrected chi connectivity index (χ4v) is 3.30. The Kier molecular flexibility index (Phi) is 5.16. The molecule has 0 unspecified atom stereocenters. The van der Waals surface area contributed by atoms with E-state index in [4.69, 9.17) is 4.74 Å². The minimum atomic E-state index is -2.94. The van der Waals surface area contributed by atoms with E-state index < -0.39 is 6.61 Å². The van der Waals surface area contributed by atoms with Gasteiger partial charge in [-0.05, 0) is 31.0 Å². The Morgan fingerprint density at radius 3 is 2.96 bits per heavy atom. The zero-order valence-corrected chi connectivity index (χ0v) is 14.1. The maximum atomic E-state index is 12.5. The van der Waals surface area contributed by atoms with Crippen molar-refractivity contribution in [3.8, 4) is 11.8 Å². The van der Waals surface area contributed by atoms with Crippen LogP contribution in [0.5, 0.6) is 5.75 Å². The number of hydrogen-bond acceptors (Lipinski definition) is 6. The number of esters is 1. The van der Waals surface area contributed by atoms with Crippen molar-refractivity contribution in [2.24, 2.45) is 5.92 Å². The first-order valence-corrected chi connectivity index (χ1v) is 8.14. The zero-order chi connectivity index (χ0) is 18.7. The summed E-state index contributed by atoms with van der Waals surface area (Å²) in [6.07, 6.45) is 2.91. The number of methoxy groups -OCH3 is 1. The monoisotopic (exact) mass is 361 g/mol. The van der Waals surface area contributed by atoms with E-state index >= 15 is 0 Å². The average Bonchev–Trinajstić information content (AvgIpc) is 2.65. The molecule has 1 aromatic heterocycles. The smallest absolute Gasteiger partial charge is 0.387 e. The number of hydrogen-bond donors (Lipinski definition) is 0. The van der Waals surface area contributed by atoms with E-state index in [-0.39, 0.29) is 17.6 Å². The number of halogens is 2. The number of pyridine rings is 1. The second kappa shape index (κ2) is 7.52. The molecule has 3 rings (SSSR count). The van der Waals surface area contributed by atoms with Crippen molar-refractivity contribution >= 4 is 22.6 Å². The van der Waals surface area contributed by atoms with Gasteiger partial charge in [0.25, 0.3) is 0 Å². The normalized spacial score (nSPS) is 17.2. The molecule has 1 aliphatic heterocycles. The summed E-state index contributed by atoms with van der Waals surface area (Å²) in [6.45, 7) is -1.91. The first kappa shape index (κ1) is 17.9. The second-order valence-corrected chi connectivity index (χ2v) is 6.00. The van der Waals surface area contributed by atoms with Gasteiger partial charge in [0, 0.05) is 24.7 Å². The van der Waals surface area contributed by atoms with Crippen molar-refractivity contribution in [2.75, 3.05) is 25.1 Å². The maximum absolute atomic E-state index is 12.5. The quantitative estimate of drug-likeness (QED) is 0.779. The lowest BCUT2D eigenvalue weighted by atomic mass is 9.96. The molecule has 1 saturated heterocycles. The molecule has 0 saturated carbocycles. The highest BCUT2D eigenvalue weighted by atomic mass is 19.3. The molecule has 8 heteroatoms. The molecular formula is C18H17F2N3O3. The molecule has 26 heavy (non-hydrogen) atoms. The van der Waals surface area contributed by atoms with Gasteiger partial charge >= 0.3 is 12.6 Å². The highest BCUT2D eigenvalue weighted by molar-refractivity contribution is 5.95. The Balaban J connectivity index is 2.07. The number of piperidine rings is 1. The SMILES string of the molecule is COC(=O)[C@H]1CCCN(c2c(C#N)cnc3ccc(OC(F)F)cc23)C1. The van der Waals surface area contributed by atoms with Crippen LogP contribution in [0.1, 0.15) is 18.4 Å². The van der Waals surface area contributed by atoms with Gasteiger partial charge in [-0.3, -0.25) is 9.78 Å². The van der Waals surface area contributed by atoms with E-state index in [9.17, 15) is 18.8 Å². The molecule has 6 nitrogen and oxygen atoms in total. The van der Waals surface area contributed by atoms with E-state index in [1.54, 1.807) is 6.07 Å². The van der Waals surface area contributed by atoms with Crippen molar-refractivity contribution in [1.29, 1.82) is 5.26 Å². The molecule has 1 aromatic carbocycles. The lowest BCUT2D eigenvalue weighted by Crippen LogP contribution is -2.39. The summed E-state index contributed by atoms with van der Waals surface area (Å²) in [5.41, 5.74) is 1.45. The fourth-order valence-electron chi connectivity index (χ4n) is 3.30. The number of nitrogens with zero attached hydrogens (tertiary/aromatic N) is 3. The number of aromatic nitrogens is 1. The molecular weight excluding hydrogens is 344 g/mol. The summed E-state index contributed by atoms with van der Waals surface area (Å²) in [7, 11) is 1.35. The number of ether oxygens (including phenoxy) is 2. The van der Waals surface area contributed by atoms with Crippen molar-refractivity contribution in [2.45, 2.75) is 19.5 Å². The van der Waals surface area contributed by atoms with Crippen LogP contribution in [0, 0.1) is 17.2 Å². The van der Waals surface area contributed by atoms with E-state index in [1.807, 2.05) is 4.90 Å². The van der Waals surface area contributed by atoms with Crippen LogP contribution in [0.25, 0.3) is 10.9 Å². The summed E-state index contributed by atoms with van der Waals surface area (Å²) < 4.78 is 34.4. The Bertz CT molecular complexity index is 867. The van der Waals surface area contributed by atoms with Gasteiger partial charge in [-0.25, -0.2) is 0 Å². The van der Waals surface area contributed by atoms with Gasteiger partial charge in [0.1, 0.15) is 11.8 Å². The molecule has 0 radical (unpaired) electrons. The lowest BCUT2D eigenvalue weighted by Gasteiger charge is -2.34. The number of carbonyl (C=O) groups excluding carboxylic acids is 1. The molecule has 2 aromatic rings. The van der Waals surface area contributed by atoms with Crippen LogP contribution in [0.2, 0.25) is 0 Å². The number of nitriles is 1. The molecule has 0 bridgehead atoms. The van der Waals surface area contributed by atoms with Gasteiger partial charge in [0.2, 0.25) is 0 Å². The minimum Gasteiger partial charge on any atom is -0.469 e. The van der Waals surface area contributed by atoms with Gasteiger partial charge in [-0.1, -0.05) is 0 Å². The summed E-state index contributed by atoms with van der Waals surface area (Å²) in [5, 5.41) is 10.0. The molecule has 0 aliphatic carbocycles. The standard InChI is InChI=1S/C18H17F2N3O3/c1-25-17(24)11-3-2-6-23(10-11)16-12(8-21)9-22-15-5-4-13(7-14(15)16)26-18(19)20/h4-5,7,9,11,18H,2-3,6,10H2,1H3/t11-/m0/s1. The summed E-state index contributed by atoms with van der Waals surface area (Å²) in [6, 6.07) is 6.52. The van der Waals surface area contributed by atoms with Crippen molar-refractivity contribution in [3.63, 3.8) is 0 Å². The van der Waals surface area contributed by atoms with Crippen LogP contribution in [-0.4, -0.2) is 37.8 Å². The Morgan fingerprint density at radius 1 is 1.46 bits per heavy atom. The van der Waals surface area contributed by atoms with Crippen LogP contribution in [0.15, 0.2) is 24.4 Å². The number of rotatable bonds is 4. The predicted molar refractivity (Wildman–Crippen MR) is 90.0 cm³/mol. The highest BCUT2D eigenvalue weighted by Crippen LogP contribution is 2.35. The van der Waals surface area contributed by atoms with E-state index in [0.29, 0.717) is 41.7 Å². The number of benzene rings is 1. The number of fused-ring (bicyclic) bond motifs is 1. The summed E-state index contributed by atoms with van der Waals surface area (Å²) >= 11 is 0. The van der Waals surface area contributed by atoms with Crippen molar-refractivity contribution in [3.05, 3.63) is 30.0 Å². The largest absolute Gasteiger partial charge is 0.469 e. The topological polar surface area (TPSA) is 75.5 Å². The molecule has 1 aliphatic rings. The van der Waals surface area contributed by atoms with Gasteiger partial charge in [-0.15, -0.1) is 0 Å². The van der Waals surface area contributed by atoms with E-state index in [0.717, 1.165) is 6.42 Å². The van der Waals surface area contributed by atoms with Crippen LogP contribution in [0.3, 0.4) is 0 Å². The maximum Gasteiger partial charge on any atom is 0.387 e. The van der Waals surface area contributed by atoms with E-state index in [1.165, 1.54) is 25.4 Å². The van der Waals surface area contributed by atoms with Crippen molar-refractivity contribution in [1.82, 2.24) is 4.98 Å². The van der Waals surface area contributed by atoms with Gasteiger partial charge in [0.15, 0.2) is 0 Å². The second-order valence-electron chi connectivity index (χ2n) is 6.00. The molecule has 0 spiro atoms. The molecule has 2 heterocycles. The molecule has 1 fully saturated rings. The Labute approximate surface area is 148 Å². The number of alkyl halides is 2. The summed E-state index contributed by atoms with van der Waals surface area (Å²) in [4.78, 5) is 18.0. The van der Waals surface area contributed by atoms with Crippen LogP contribution < -0.4 is 9.64 Å². The Morgan fingerprint density at radius 2 is 2.27 bits per heavy atom. The molecule has 1 atom stereocenters. The Hall–Kier alpha value is -2.95. The van der Waals surface area contributed by atoms with Gasteiger partial charge in [-0.2, -0.15) is 14.0 Å². The minimum absolute atomic E-state index is 0.00725. The average molecular weight is 361 g/mol. The third-order valence-corrected chi connectivity index (χ3v) is 4.43. The molecule has 0 N–H and O–H groups in total. The van der Waals surface area contributed by atoms with Crippen LogP contribution in [-0.2, 0) is 9.53 Å². The molecule has 136 valence electrons. The first-order chi connectivity index (χ1) is 12.5. The van der Waals surface area contributed by atoms with Crippen LogP contribution >= 0.6 is 0 Å². The number of carbonyl (C=O) groups is 1. The lowest BCUT2D eigenvalue weighted by molar-refractivity contribution is -0.145. The van der Waals surface area contributed by atoms with Crippen molar-refractivity contribution < 1.29 is 23.0 Å². The number of anilines is 1. The van der Waals surface area contributed by atoms with E-state index in [2.05, 4.69) is 15.8 Å². The highest BCUT2D eigenvalue weighted by Gasteiger charge is 2.29. The zero-order valence-electron chi connectivity index (χ0n) is 14.1. The molecule has 0 amide bonds.